The quantitative estimate of drug-likeness (QED) is 0.146. The maximum atomic E-state index is 13.7. The average Bonchev–Trinajstić information content (AvgIpc) is 3.72. The molecule has 264 valence electrons. The molecule has 0 unspecified atom stereocenters. The van der Waals surface area contributed by atoms with Crippen molar-refractivity contribution in [2.45, 2.75) is 63.6 Å². The summed E-state index contributed by atoms with van der Waals surface area (Å²) in [5.74, 6) is 0.792. The molecule has 1 aromatic heterocycles. The first-order valence-electron chi connectivity index (χ1n) is 17.6. The van der Waals surface area contributed by atoms with Crippen LogP contribution in [-0.2, 0) is 24.2 Å². The number of carbonyl (C=O) groups is 2. The van der Waals surface area contributed by atoms with Crippen molar-refractivity contribution in [1.82, 2.24) is 29.7 Å². The number of nitrogens with two attached hydrogens (primary N) is 1. The highest BCUT2D eigenvalue weighted by atomic mass is 79.9. The van der Waals surface area contributed by atoms with E-state index in [-0.39, 0.29) is 12.1 Å². The number of urea groups is 1. The lowest BCUT2D eigenvalue weighted by atomic mass is 10.0. The number of nitrogen functional groups attached to an aromatic ring is 1. The Kier molecular flexibility index (Phi) is 10.9. The minimum atomic E-state index is -0.527. The summed E-state index contributed by atoms with van der Waals surface area (Å²) in [5, 5.41) is 7.97. The van der Waals surface area contributed by atoms with Crippen LogP contribution in [0.3, 0.4) is 0 Å². The van der Waals surface area contributed by atoms with Crippen LogP contribution in [0.1, 0.15) is 55.1 Å². The van der Waals surface area contributed by atoms with Gasteiger partial charge < -0.3 is 35.6 Å². The predicted octanol–water partition coefficient (Wildman–Crippen LogP) is 7.11. The van der Waals surface area contributed by atoms with Gasteiger partial charge in [0.25, 0.3) is 0 Å². The molecule has 0 saturated carbocycles. The van der Waals surface area contributed by atoms with Crippen LogP contribution in [0.2, 0.25) is 0 Å². The third-order valence-corrected chi connectivity index (χ3v) is 11.5. The SMILES string of the molecule is Nc1c(Br)cc(C[C@@H](NC(=O)ON2CCC(N3CCc4ccccc4NC3=O)CC2)c2nc3ccccc3n2CCCN2CCCC2)cc1Br. The van der Waals surface area contributed by atoms with Gasteiger partial charge in [-0.25, -0.2) is 14.6 Å². The number of para-hydroxylation sites is 3. The smallest absolute Gasteiger partial charge is 0.397 e. The van der Waals surface area contributed by atoms with E-state index in [0.717, 1.165) is 81.6 Å². The first-order chi connectivity index (χ1) is 24.3. The van der Waals surface area contributed by atoms with Gasteiger partial charge in [-0.3, -0.25) is 0 Å². The van der Waals surface area contributed by atoms with Crippen molar-refractivity contribution in [3.05, 3.63) is 86.6 Å². The second-order valence-corrected chi connectivity index (χ2v) is 15.2. The number of nitrogens with zero attached hydrogens (tertiary/aromatic N) is 5. The number of hydrogen-bond donors (Lipinski definition) is 3. The molecule has 0 spiro atoms. The topological polar surface area (TPSA) is 121 Å². The van der Waals surface area contributed by atoms with E-state index in [0.29, 0.717) is 44.6 Å². The number of hydroxylamine groups is 2. The number of benzene rings is 3. The standard InChI is InChI=1S/C37H44Br2N8O3/c38-28-22-25(23-29(39)34(28)40)24-32(35-41-31-10-3-4-11-33(31)47(35)18-7-17-44-15-5-6-16-44)43-37(49)50-45-19-13-27(14-20-45)46-21-12-26-8-1-2-9-30(26)42-36(46)48/h1-4,8-11,22-23,27,32H,5-7,12-21,24,40H2,(H,42,48)(H,43,49)/t32-/m1/s1. The minimum Gasteiger partial charge on any atom is -0.397 e. The monoisotopic (exact) mass is 806 g/mol. The minimum absolute atomic E-state index is 0.0702. The van der Waals surface area contributed by atoms with Gasteiger partial charge in [-0.05, 0) is 131 Å². The Hall–Kier alpha value is -3.65. The highest BCUT2D eigenvalue weighted by Gasteiger charge is 2.32. The number of halogens is 2. The summed E-state index contributed by atoms with van der Waals surface area (Å²) in [6.45, 7) is 5.87. The fourth-order valence-electron chi connectivity index (χ4n) is 7.52. The van der Waals surface area contributed by atoms with E-state index in [1.807, 2.05) is 53.4 Å². The number of anilines is 2. The predicted molar refractivity (Wildman–Crippen MR) is 203 cm³/mol. The molecule has 0 bridgehead atoms. The highest BCUT2D eigenvalue weighted by Crippen LogP contribution is 2.32. The number of aromatic nitrogens is 2. The molecule has 0 radical (unpaired) electrons. The van der Waals surface area contributed by atoms with Crippen LogP contribution < -0.4 is 16.4 Å². The Morgan fingerprint density at radius 3 is 2.48 bits per heavy atom. The molecular formula is C37H44Br2N8O3. The first-order valence-corrected chi connectivity index (χ1v) is 19.2. The summed E-state index contributed by atoms with van der Waals surface area (Å²) in [6, 6.07) is 19.6. The molecule has 13 heteroatoms. The zero-order chi connectivity index (χ0) is 34.6. The zero-order valence-electron chi connectivity index (χ0n) is 28.1. The van der Waals surface area contributed by atoms with Gasteiger partial charge in [-0.15, -0.1) is 5.06 Å². The lowest BCUT2D eigenvalue weighted by Crippen LogP contribution is -2.49. The number of hydrogen-bond acceptors (Lipinski definition) is 7. The summed E-state index contributed by atoms with van der Waals surface area (Å²) in [7, 11) is 0. The van der Waals surface area contributed by atoms with Crippen molar-refractivity contribution < 1.29 is 14.4 Å². The molecule has 3 aromatic carbocycles. The van der Waals surface area contributed by atoms with Crippen LogP contribution in [0.4, 0.5) is 21.0 Å². The first kappa shape index (κ1) is 34.8. The van der Waals surface area contributed by atoms with E-state index in [4.69, 9.17) is 15.6 Å². The Bertz CT molecular complexity index is 1810. The van der Waals surface area contributed by atoms with Gasteiger partial charge >= 0.3 is 12.1 Å². The van der Waals surface area contributed by atoms with Crippen molar-refractivity contribution >= 4 is 66.4 Å². The summed E-state index contributed by atoms with van der Waals surface area (Å²) < 4.78 is 3.83. The van der Waals surface area contributed by atoms with Gasteiger partial charge in [-0.1, -0.05) is 30.3 Å². The number of nitrogens with one attached hydrogen (secondary N) is 2. The Morgan fingerprint density at radius 2 is 1.70 bits per heavy atom. The fourth-order valence-corrected chi connectivity index (χ4v) is 8.80. The lowest BCUT2D eigenvalue weighted by molar-refractivity contribution is -0.120. The molecule has 50 heavy (non-hydrogen) atoms. The van der Waals surface area contributed by atoms with Crippen LogP contribution in [-0.4, -0.2) is 81.8 Å². The van der Waals surface area contributed by atoms with Crippen LogP contribution in [0, 0.1) is 0 Å². The van der Waals surface area contributed by atoms with E-state index in [9.17, 15) is 9.59 Å². The second kappa shape index (κ2) is 15.7. The van der Waals surface area contributed by atoms with Crippen LogP contribution in [0.15, 0.2) is 69.6 Å². The molecule has 2 saturated heterocycles. The molecular weight excluding hydrogens is 764 g/mol. The van der Waals surface area contributed by atoms with Crippen LogP contribution in [0.5, 0.6) is 0 Å². The van der Waals surface area contributed by atoms with Gasteiger partial charge in [0.05, 0.1) is 22.8 Å². The summed E-state index contributed by atoms with van der Waals surface area (Å²) in [6.07, 6.45) is 5.69. The average molecular weight is 809 g/mol. The van der Waals surface area contributed by atoms with Crippen LogP contribution >= 0.6 is 31.9 Å². The number of fused-ring (bicyclic) bond motifs is 2. The molecule has 7 rings (SSSR count). The molecule has 2 fully saturated rings. The fraction of sp³-hybridized carbons (Fsp3) is 0.432. The van der Waals surface area contributed by atoms with E-state index in [1.54, 1.807) is 5.06 Å². The molecule has 4 aromatic rings. The largest absolute Gasteiger partial charge is 0.426 e. The Labute approximate surface area is 309 Å². The number of piperidine rings is 1. The third-order valence-electron chi connectivity index (χ3n) is 10.1. The van der Waals surface area contributed by atoms with Crippen molar-refractivity contribution in [1.29, 1.82) is 0 Å². The van der Waals surface area contributed by atoms with E-state index < -0.39 is 12.1 Å². The molecule has 4 N–H and O–H groups in total. The van der Waals surface area contributed by atoms with Crippen molar-refractivity contribution in [3.8, 4) is 0 Å². The number of likely N-dealkylation sites (tertiary alicyclic amines) is 1. The Balaban J connectivity index is 1.05. The lowest BCUT2D eigenvalue weighted by Gasteiger charge is -2.37. The van der Waals surface area contributed by atoms with Gasteiger partial charge in [0.2, 0.25) is 0 Å². The second-order valence-electron chi connectivity index (χ2n) is 13.5. The molecule has 0 aliphatic carbocycles. The molecule has 11 nitrogen and oxygen atoms in total. The number of aryl methyl sites for hydroxylation is 1. The van der Waals surface area contributed by atoms with Gasteiger partial charge in [0.15, 0.2) is 0 Å². The third kappa shape index (κ3) is 7.96. The van der Waals surface area contributed by atoms with E-state index in [1.165, 1.54) is 12.8 Å². The number of imidazole rings is 1. The number of rotatable bonds is 10. The van der Waals surface area contributed by atoms with E-state index in [2.05, 4.69) is 64.1 Å². The highest BCUT2D eigenvalue weighted by molar-refractivity contribution is 9.11. The van der Waals surface area contributed by atoms with Crippen LogP contribution in [0.25, 0.3) is 11.0 Å². The number of carbonyl (C=O) groups excluding carboxylic acids is 2. The molecule has 4 heterocycles. The van der Waals surface area contributed by atoms with Crippen molar-refractivity contribution in [2.75, 3.05) is 50.3 Å². The zero-order valence-corrected chi connectivity index (χ0v) is 31.3. The normalized spacial score (nSPS) is 18.1. The molecule has 3 aliphatic rings. The molecule has 1 atom stereocenters. The summed E-state index contributed by atoms with van der Waals surface area (Å²) in [5.41, 5.74) is 11.8. The summed E-state index contributed by atoms with van der Waals surface area (Å²) in [4.78, 5) is 42.2. The van der Waals surface area contributed by atoms with Gasteiger partial charge in [0.1, 0.15) is 5.82 Å². The van der Waals surface area contributed by atoms with Gasteiger partial charge in [0, 0.05) is 53.3 Å². The maximum Gasteiger partial charge on any atom is 0.426 e. The molecule has 3 aliphatic heterocycles. The maximum absolute atomic E-state index is 13.7. The van der Waals surface area contributed by atoms with Crippen molar-refractivity contribution in [3.63, 3.8) is 0 Å². The van der Waals surface area contributed by atoms with Crippen molar-refractivity contribution in [2.24, 2.45) is 0 Å². The molecule has 3 amide bonds. The van der Waals surface area contributed by atoms with Gasteiger partial charge in [-0.2, -0.15) is 0 Å². The van der Waals surface area contributed by atoms with E-state index >= 15 is 0 Å². The summed E-state index contributed by atoms with van der Waals surface area (Å²) >= 11 is 7.18. The number of amides is 3. The Morgan fingerprint density at radius 1 is 0.980 bits per heavy atom.